The number of amides is 1. The first kappa shape index (κ1) is 21.8. The highest BCUT2D eigenvalue weighted by Gasteiger charge is 2.52. The van der Waals surface area contributed by atoms with Crippen LogP contribution in [0.4, 0.5) is 13.6 Å². The minimum absolute atomic E-state index is 0.129. The second kappa shape index (κ2) is 8.93. The normalized spacial score (nSPS) is 14.3. The summed E-state index contributed by atoms with van der Waals surface area (Å²) in [5.74, 6) is -6.04. The fourth-order valence-corrected chi connectivity index (χ4v) is 2.17. The number of esters is 1. The first-order chi connectivity index (χ1) is 12.0. The second-order valence-corrected chi connectivity index (χ2v) is 6.73. The third-order valence-electron chi connectivity index (χ3n) is 3.30. The lowest BCUT2D eigenvalue weighted by Crippen LogP contribution is -2.56. The van der Waals surface area contributed by atoms with Gasteiger partial charge in [0, 0.05) is 0 Å². The fraction of sp³-hybridized carbons (Fsp3) is 0.556. The molecule has 2 N–H and O–H groups in total. The third-order valence-corrected chi connectivity index (χ3v) is 3.30. The molecule has 0 bridgehead atoms. The van der Waals surface area contributed by atoms with Crippen LogP contribution < -0.4 is 5.32 Å². The van der Waals surface area contributed by atoms with E-state index in [1.807, 2.05) is 0 Å². The molecule has 0 saturated heterocycles. The molecule has 0 saturated carbocycles. The molecular weight excluding hydrogens is 348 g/mol. The summed E-state index contributed by atoms with van der Waals surface area (Å²) in [4.78, 5) is 23.5. The summed E-state index contributed by atoms with van der Waals surface area (Å²) < 4.78 is 37.8. The van der Waals surface area contributed by atoms with E-state index >= 15 is 0 Å². The summed E-state index contributed by atoms with van der Waals surface area (Å²) >= 11 is 0. The molecule has 8 heteroatoms. The summed E-state index contributed by atoms with van der Waals surface area (Å²) in [7, 11) is 0. The fourth-order valence-electron chi connectivity index (χ4n) is 2.17. The average Bonchev–Trinajstić information content (AvgIpc) is 2.53. The van der Waals surface area contributed by atoms with Crippen molar-refractivity contribution in [2.75, 3.05) is 6.61 Å². The predicted octanol–water partition coefficient (Wildman–Crippen LogP) is 2.68. The van der Waals surface area contributed by atoms with Crippen molar-refractivity contribution >= 4 is 12.1 Å². The van der Waals surface area contributed by atoms with E-state index in [4.69, 9.17) is 4.74 Å². The van der Waals surface area contributed by atoms with Crippen molar-refractivity contribution in [2.45, 2.75) is 57.8 Å². The Morgan fingerprint density at radius 2 is 1.77 bits per heavy atom. The molecule has 0 radical (unpaired) electrons. The van der Waals surface area contributed by atoms with Gasteiger partial charge in [-0.05, 0) is 39.7 Å². The van der Waals surface area contributed by atoms with E-state index in [1.54, 1.807) is 51.1 Å². The van der Waals surface area contributed by atoms with E-state index in [-0.39, 0.29) is 13.0 Å². The number of hydrogen-bond acceptors (Lipinski definition) is 5. The number of hydrogen-bond donors (Lipinski definition) is 2. The Morgan fingerprint density at radius 3 is 2.27 bits per heavy atom. The van der Waals surface area contributed by atoms with Crippen LogP contribution in [0, 0.1) is 0 Å². The molecule has 0 aliphatic heterocycles. The maximum Gasteiger partial charge on any atom is 0.407 e. The molecule has 6 nitrogen and oxygen atoms in total. The summed E-state index contributed by atoms with van der Waals surface area (Å²) in [6, 6.07) is 6.96. The number of aliphatic hydroxyl groups excluding tert-OH is 1. The topological polar surface area (TPSA) is 84.9 Å². The highest BCUT2D eigenvalue weighted by Crippen LogP contribution is 2.25. The highest BCUT2D eigenvalue weighted by atomic mass is 19.3. The van der Waals surface area contributed by atoms with Gasteiger partial charge in [0.15, 0.2) is 0 Å². The SMILES string of the molecule is CCOC(=O)C(F)(F)[C@H](O)C(Cc1ccccc1)NC(=O)OC(C)(C)C. The molecule has 0 fully saturated rings. The van der Waals surface area contributed by atoms with Gasteiger partial charge in [-0.2, -0.15) is 8.78 Å². The summed E-state index contributed by atoms with van der Waals surface area (Å²) in [5.41, 5.74) is -0.261. The number of benzene rings is 1. The molecule has 1 aromatic carbocycles. The van der Waals surface area contributed by atoms with Crippen LogP contribution in [0.2, 0.25) is 0 Å². The van der Waals surface area contributed by atoms with E-state index in [0.717, 1.165) is 0 Å². The Labute approximate surface area is 151 Å². The van der Waals surface area contributed by atoms with E-state index in [0.29, 0.717) is 5.56 Å². The minimum Gasteiger partial charge on any atom is -0.461 e. The van der Waals surface area contributed by atoms with Gasteiger partial charge in [0.05, 0.1) is 12.6 Å². The Kier molecular flexibility index (Phi) is 7.50. The van der Waals surface area contributed by atoms with Gasteiger partial charge < -0.3 is 19.9 Å². The Bertz CT molecular complexity index is 601. The number of halogens is 2. The van der Waals surface area contributed by atoms with Crippen LogP contribution in [0.15, 0.2) is 30.3 Å². The number of carbonyl (C=O) groups excluding carboxylic acids is 2. The van der Waals surface area contributed by atoms with Crippen LogP contribution in [0.5, 0.6) is 0 Å². The van der Waals surface area contributed by atoms with Gasteiger partial charge in [0.1, 0.15) is 11.7 Å². The Morgan fingerprint density at radius 1 is 1.19 bits per heavy atom. The van der Waals surface area contributed by atoms with Crippen LogP contribution >= 0.6 is 0 Å². The average molecular weight is 373 g/mol. The lowest BCUT2D eigenvalue weighted by molar-refractivity contribution is -0.191. The smallest absolute Gasteiger partial charge is 0.407 e. The molecule has 0 spiro atoms. The zero-order valence-electron chi connectivity index (χ0n) is 15.3. The minimum atomic E-state index is -4.19. The van der Waals surface area contributed by atoms with Gasteiger partial charge in [-0.1, -0.05) is 30.3 Å². The predicted molar refractivity (Wildman–Crippen MR) is 90.9 cm³/mol. The number of ether oxygens (including phenoxy) is 2. The molecule has 26 heavy (non-hydrogen) atoms. The van der Waals surface area contributed by atoms with Crippen molar-refractivity contribution in [3.63, 3.8) is 0 Å². The van der Waals surface area contributed by atoms with Crippen LogP contribution in [0.25, 0.3) is 0 Å². The summed E-state index contributed by atoms with van der Waals surface area (Å²) in [6.07, 6.45) is -3.60. The van der Waals surface area contributed by atoms with Crippen molar-refractivity contribution in [3.8, 4) is 0 Å². The Balaban J connectivity index is 3.02. The summed E-state index contributed by atoms with van der Waals surface area (Å²) in [6.45, 7) is 5.96. The highest BCUT2D eigenvalue weighted by molar-refractivity contribution is 5.78. The molecule has 0 heterocycles. The van der Waals surface area contributed by atoms with Crippen molar-refractivity contribution in [2.24, 2.45) is 0 Å². The maximum atomic E-state index is 14.2. The van der Waals surface area contributed by atoms with Crippen LogP contribution in [-0.4, -0.2) is 47.4 Å². The number of carbonyl (C=O) groups is 2. The molecule has 1 unspecified atom stereocenters. The lowest BCUT2D eigenvalue weighted by Gasteiger charge is -2.30. The van der Waals surface area contributed by atoms with Crippen LogP contribution in [-0.2, 0) is 20.7 Å². The standard InChI is InChI=1S/C18H25F2NO5/c1-5-25-15(23)18(19,20)14(22)13(11-12-9-7-6-8-10-12)21-16(24)26-17(2,3)4/h6-10,13-14,22H,5,11H2,1-4H3,(H,21,24)/t13?,14-/m1/s1. The van der Waals surface area contributed by atoms with E-state index < -0.39 is 35.7 Å². The van der Waals surface area contributed by atoms with E-state index in [9.17, 15) is 23.5 Å². The van der Waals surface area contributed by atoms with Crippen LogP contribution in [0.3, 0.4) is 0 Å². The lowest BCUT2D eigenvalue weighted by atomic mass is 9.97. The zero-order chi connectivity index (χ0) is 20.0. The van der Waals surface area contributed by atoms with Gasteiger partial charge in [-0.3, -0.25) is 0 Å². The monoisotopic (exact) mass is 373 g/mol. The van der Waals surface area contributed by atoms with E-state index in [2.05, 4.69) is 10.1 Å². The van der Waals surface area contributed by atoms with Gasteiger partial charge in [0.2, 0.25) is 0 Å². The molecule has 0 aliphatic rings. The largest absolute Gasteiger partial charge is 0.461 e. The number of aliphatic hydroxyl groups is 1. The number of alkyl carbamates (subject to hydrolysis) is 1. The zero-order valence-corrected chi connectivity index (χ0v) is 15.3. The molecule has 1 rings (SSSR count). The Hall–Kier alpha value is -2.22. The van der Waals surface area contributed by atoms with Gasteiger partial charge >= 0.3 is 18.0 Å². The van der Waals surface area contributed by atoms with Crippen molar-refractivity contribution in [1.82, 2.24) is 5.32 Å². The molecule has 0 aliphatic carbocycles. The van der Waals surface area contributed by atoms with Gasteiger partial charge in [0.25, 0.3) is 0 Å². The first-order valence-electron chi connectivity index (χ1n) is 8.24. The van der Waals surface area contributed by atoms with Gasteiger partial charge in [-0.15, -0.1) is 0 Å². The van der Waals surface area contributed by atoms with Crippen molar-refractivity contribution in [3.05, 3.63) is 35.9 Å². The van der Waals surface area contributed by atoms with E-state index in [1.165, 1.54) is 6.92 Å². The van der Waals surface area contributed by atoms with Crippen molar-refractivity contribution in [1.29, 1.82) is 0 Å². The molecule has 1 aromatic rings. The molecule has 146 valence electrons. The molecule has 1 amide bonds. The third kappa shape index (κ3) is 6.59. The number of rotatable bonds is 7. The van der Waals surface area contributed by atoms with Crippen molar-refractivity contribution < 1.29 is 33.0 Å². The van der Waals surface area contributed by atoms with Gasteiger partial charge in [-0.25, -0.2) is 9.59 Å². The maximum absolute atomic E-state index is 14.2. The number of nitrogens with one attached hydrogen (secondary N) is 1. The number of alkyl halides is 2. The molecule has 0 aromatic heterocycles. The molecule has 2 atom stereocenters. The van der Waals surface area contributed by atoms with Crippen LogP contribution in [0.1, 0.15) is 33.3 Å². The summed E-state index contributed by atoms with van der Waals surface area (Å²) in [5, 5.41) is 12.3. The first-order valence-corrected chi connectivity index (χ1v) is 8.24. The second-order valence-electron chi connectivity index (χ2n) is 6.73. The molecular formula is C18H25F2NO5. The quantitative estimate of drug-likeness (QED) is 0.718.